The Hall–Kier alpha value is -2.98. The molecule has 1 aliphatic rings. The molecule has 6 nitrogen and oxygen atoms in total. The van der Waals surface area contributed by atoms with Gasteiger partial charge in [0.05, 0.1) is 10.5 Å². The molecule has 1 aliphatic carbocycles. The molecule has 1 amide bonds. The van der Waals surface area contributed by atoms with Crippen LogP contribution in [0.3, 0.4) is 0 Å². The zero-order valence-electron chi connectivity index (χ0n) is 17.4. The fourth-order valence-corrected chi connectivity index (χ4v) is 5.10. The number of thiophene rings is 1. The molecule has 1 unspecified atom stereocenters. The Balaban J connectivity index is 1.76. The van der Waals surface area contributed by atoms with Crippen LogP contribution in [0.4, 0.5) is 10.7 Å². The number of fused-ring (bicyclic) bond motifs is 1. The SMILES string of the molecule is CCC(C)(C)C1CCc2c(sc(NC(=O)/C=C/c3cccc([N+](=O)[O-])c3)c2C#N)C1. The number of nitrogens with one attached hydrogen (secondary N) is 1. The number of anilines is 1. The van der Waals surface area contributed by atoms with Crippen molar-refractivity contribution in [3.63, 3.8) is 0 Å². The molecule has 0 aliphatic heterocycles. The molecule has 7 heteroatoms. The van der Waals surface area contributed by atoms with Crippen molar-refractivity contribution in [1.82, 2.24) is 0 Å². The average Bonchev–Trinajstić information content (AvgIpc) is 3.08. The fourth-order valence-electron chi connectivity index (χ4n) is 3.82. The summed E-state index contributed by atoms with van der Waals surface area (Å²) in [6.07, 6.45) is 6.83. The molecule has 1 N–H and O–H groups in total. The van der Waals surface area contributed by atoms with Crippen LogP contribution in [0.15, 0.2) is 30.3 Å². The highest BCUT2D eigenvalue weighted by Crippen LogP contribution is 2.45. The minimum Gasteiger partial charge on any atom is -0.313 e. The number of nitrogens with zero attached hydrogens (tertiary/aromatic N) is 2. The molecule has 156 valence electrons. The molecule has 0 saturated heterocycles. The van der Waals surface area contributed by atoms with Crippen LogP contribution in [0.1, 0.15) is 55.2 Å². The molecule has 0 bridgehead atoms. The molecule has 1 aromatic heterocycles. The topological polar surface area (TPSA) is 96.0 Å². The Bertz CT molecular complexity index is 1050. The Morgan fingerprint density at radius 1 is 1.47 bits per heavy atom. The van der Waals surface area contributed by atoms with E-state index in [1.807, 2.05) is 0 Å². The Labute approximate surface area is 180 Å². The molecule has 30 heavy (non-hydrogen) atoms. The Kier molecular flexibility index (Phi) is 6.37. The number of hydrogen-bond acceptors (Lipinski definition) is 5. The van der Waals surface area contributed by atoms with Crippen molar-refractivity contribution in [2.75, 3.05) is 5.32 Å². The first-order chi connectivity index (χ1) is 14.2. The highest BCUT2D eigenvalue weighted by Gasteiger charge is 2.34. The number of benzene rings is 1. The largest absolute Gasteiger partial charge is 0.313 e. The average molecular weight is 424 g/mol. The van der Waals surface area contributed by atoms with Gasteiger partial charge in [0.1, 0.15) is 11.1 Å². The normalized spacial score (nSPS) is 16.1. The van der Waals surface area contributed by atoms with Gasteiger partial charge < -0.3 is 5.32 Å². The number of hydrogen-bond donors (Lipinski definition) is 1. The third kappa shape index (κ3) is 4.60. The summed E-state index contributed by atoms with van der Waals surface area (Å²) in [5.41, 5.74) is 2.43. The number of rotatable bonds is 6. The van der Waals surface area contributed by atoms with Gasteiger partial charge in [0.2, 0.25) is 5.91 Å². The van der Waals surface area contributed by atoms with Gasteiger partial charge in [-0.1, -0.05) is 39.3 Å². The maximum atomic E-state index is 12.4. The second kappa shape index (κ2) is 8.80. The van der Waals surface area contributed by atoms with Crippen LogP contribution in [-0.2, 0) is 17.6 Å². The number of nitriles is 1. The van der Waals surface area contributed by atoms with Gasteiger partial charge in [-0.25, -0.2) is 0 Å². The molecule has 1 aromatic carbocycles. The van der Waals surface area contributed by atoms with Crippen LogP contribution in [0, 0.1) is 32.8 Å². The first-order valence-electron chi connectivity index (χ1n) is 10.0. The molecular weight excluding hydrogens is 398 g/mol. The van der Waals surface area contributed by atoms with E-state index in [-0.39, 0.29) is 17.0 Å². The summed E-state index contributed by atoms with van der Waals surface area (Å²) >= 11 is 1.50. The molecule has 3 rings (SSSR count). The quantitative estimate of drug-likeness (QED) is 0.365. The lowest BCUT2D eigenvalue weighted by Crippen LogP contribution is -2.28. The lowest BCUT2D eigenvalue weighted by molar-refractivity contribution is -0.384. The van der Waals surface area contributed by atoms with Crippen molar-refractivity contribution in [2.45, 2.75) is 46.5 Å². The zero-order chi connectivity index (χ0) is 21.9. The number of carbonyl (C=O) groups is 1. The predicted octanol–water partition coefficient (Wildman–Crippen LogP) is 5.72. The van der Waals surface area contributed by atoms with E-state index >= 15 is 0 Å². The summed E-state index contributed by atoms with van der Waals surface area (Å²) in [5.74, 6) is 0.208. The van der Waals surface area contributed by atoms with Crippen LogP contribution in [-0.4, -0.2) is 10.8 Å². The molecular formula is C23H25N3O3S. The highest BCUT2D eigenvalue weighted by molar-refractivity contribution is 7.16. The summed E-state index contributed by atoms with van der Waals surface area (Å²) in [6.45, 7) is 6.80. The van der Waals surface area contributed by atoms with E-state index in [4.69, 9.17) is 0 Å². The molecule has 2 aromatic rings. The monoisotopic (exact) mass is 423 g/mol. The summed E-state index contributed by atoms with van der Waals surface area (Å²) < 4.78 is 0. The molecule has 1 atom stereocenters. The predicted molar refractivity (Wildman–Crippen MR) is 119 cm³/mol. The van der Waals surface area contributed by atoms with Crippen LogP contribution in [0.2, 0.25) is 0 Å². The lowest BCUT2D eigenvalue weighted by Gasteiger charge is -2.36. The number of nitro benzene ring substituents is 1. The van der Waals surface area contributed by atoms with E-state index in [1.54, 1.807) is 12.1 Å². The third-order valence-electron chi connectivity index (χ3n) is 6.14. The minimum atomic E-state index is -0.472. The van der Waals surface area contributed by atoms with E-state index in [1.165, 1.54) is 40.5 Å². The lowest BCUT2D eigenvalue weighted by atomic mass is 9.69. The standard InChI is InChI=1S/C23H25N3O3S/c1-4-23(2,3)16-9-10-18-19(14-24)22(30-20(18)13-16)25-21(27)11-8-15-6-5-7-17(12-15)26(28)29/h5-8,11-12,16H,4,9-10,13H2,1-3H3,(H,25,27)/b11-8+. The first-order valence-corrected chi connectivity index (χ1v) is 10.8. The van der Waals surface area contributed by atoms with Crippen LogP contribution >= 0.6 is 11.3 Å². The Morgan fingerprint density at radius 3 is 2.90 bits per heavy atom. The van der Waals surface area contributed by atoms with Gasteiger partial charge in [0, 0.05) is 23.1 Å². The maximum absolute atomic E-state index is 12.4. The van der Waals surface area contributed by atoms with Crippen molar-refractivity contribution < 1.29 is 9.72 Å². The van der Waals surface area contributed by atoms with E-state index in [2.05, 4.69) is 32.2 Å². The van der Waals surface area contributed by atoms with Crippen molar-refractivity contribution in [2.24, 2.45) is 11.3 Å². The van der Waals surface area contributed by atoms with Gasteiger partial charge in [0.25, 0.3) is 5.69 Å². The van der Waals surface area contributed by atoms with Crippen LogP contribution in [0.5, 0.6) is 0 Å². The highest BCUT2D eigenvalue weighted by atomic mass is 32.1. The zero-order valence-corrected chi connectivity index (χ0v) is 18.2. The first kappa shape index (κ1) is 21.7. The number of amides is 1. The number of carbonyl (C=O) groups excluding carboxylic acids is 1. The van der Waals surface area contributed by atoms with Crippen molar-refractivity contribution in [1.29, 1.82) is 5.26 Å². The second-order valence-corrected chi connectivity index (χ2v) is 9.38. The molecule has 0 spiro atoms. The van der Waals surface area contributed by atoms with Gasteiger partial charge in [-0.15, -0.1) is 11.3 Å². The minimum absolute atomic E-state index is 0.0279. The summed E-state index contributed by atoms with van der Waals surface area (Å²) in [6, 6.07) is 8.34. The van der Waals surface area contributed by atoms with Crippen molar-refractivity contribution in [3.8, 4) is 6.07 Å². The number of nitro groups is 1. The van der Waals surface area contributed by atoms with E-state index in [0.29, 0.717) is 22.0 Å². The van der Waals surface area contributed by atoms with Gasteiger partial charge in [-0.2, -0.15) is 5.26 Å². The smallest absolute Gasteiger partial charge is 0.270 e. The van der Waals surface area contributed by atoms with Gasteiger partial charge >= 0.3 is 0 Å². The Morgan fingerprint density at radius 2 is 2.23 bits per heavy atom. The van der Waals surface area contributed by atoms with Crippen molar-refractivity contribution >= 4 is 34.0 Å². The summed E-state index contributed by atoms with van der Waals surface area (Å²) in [5, 5.41) is 24.0. The van der Waals surface area contributed by atoms with Crippen molar-refractivity contribution in [3.05, 3.63) is 62.0 Å². The van der Waals surface area contributed by atoms with Gasteiger partial charge in [-0.3, -0.25) is 14.9 Å². The summed E-state index contributed by atoms with van der Waals surface area (Å²) in [4.78, 5) is 24.0. The van der Waals surface area contributed by atoms with Crippen LogP contribution in [0.25, 0.3) is 6.08 Å². The molecule has 1 heterocycles. The van der Waals surface area contributed by atoms with E-state index in [0.717, 1.165) is 31.2 Å². The molecule has 0 saturated carbocycles. The van der Waals surface area contributed by atoms with E-state index in [9.17, 15) is 20.2 Å². The number of non-ortho nitro benzene ring substituents is 1. The maximum Gasteiger partial charge on any atom is 0.270 e. The van der Waals surface area contributed by atoms with E-state index < -0.39 is 4.92 Å². The van der Waals surface area contributed by atoms with Gasteiger partial charge in [0.15, 0.2) is 0 Å². The second-order valence-electron chi connectivity index (χ2n) is 8.28. The molecule has 0 radical (unpaired) electrons. The third-order valence-corrected chi connectivity index (χ3v) is 7.31. The fraction of sp³-hybridized carbons (Fsp3) is 0.391. The van der Waals surface area contributed by atoms with Gasteiger partial charge in [-0.05, 0) is 47.8 Å². The molecule has 0 fully saturated rings. The summed E-state index contributed by atoms with van der Waals surface area (Å²) in [7, 11) is 0. The van der Waals surface area contributed by atoms with Crippen LogP contribution < -0.4 is 5.32 Å².